The number of hydrogen-bond acceptors (Lipinski definition) is 3. The van der Waals surface area contributed by atoms with Crippen LogP contribution in [0.25, 0.3) is 0 Å². The van der Waals surface area contributed by atoms with Gasteiger partial charge in [-0.1, -0.05) is 38.5 Å². The second kappa shape index (κ2) is 12.9. The fourth-order valence-electron chi connectivity index (χ4n) is 4.22. The molecular formula is C23H30F13NO3S. The molecule has 0 spiro atoms. The largest absolute Gasteiger partial charge is 0.480 e. The van der Waals surface area contributed by atoms with Crippen LogP contribution in [0.15, 0.2) is 0 Å². The zero-order valence-corrected chi connectivity index (χ0v) is 22.7. The molecule has 1 rings (SSSR count). The summed E-state index contributed by atoms with van der Waals surface area (Å²) in [5, 5.41) is 9.29. The first-order valence-electron chi connectivity index (χ1n) is 12.4. The Morgan fingerprint density at radius 1 is 0.707 bits per heavy atom. The molecule has 1 amide bonds. The molecule has 0 unspecified atom stereocenters. The van der Waals surface area contributed by atoms with Crippen LogP contribution in [0.3, 0.4) is 0 Å². The van der Waals surface area contributed by atoms with Crippen LogP contribution in [0.4, 0.5) is 57.1 Å². The quantitative estimate of drug-likeness (QED) is 0.135. The Morgan fingerprint density at radius 2 is 1.12 bits per heavy atom. The molecule has 41 heavy (non-hydrogen) atoms. The standard InChI is InChI=1S/C23H30F13NO3S/c1-17(2)37(14(13-41-17)16(39)40)15(38)11-9-7-5-3-4-6-8-10-12-18(24,25)19(26,27)20(28,29)21(30,31)22(32,33)23(34,35)36/h14H,3-13H2,1-2H3,(H,39,40)/t14-/m0/s1. The molecule has 1 aliphatic rings. The van der Waals surface area contributed by atoms with Crippen LogP contribution in [0.5, 0.6) is 0 Å². The van der Waals surface area contributed by atoms with Gasteiger partial charge < -0.3 is 10.0 Å². The number of nitrogens with zero attached hydrogens (tertiary/aromatic N) is 1. The van der Waals surface area contributed by atoms with E-state index < -0.39 is 65.5 Å². The van der Waals surface area contributed by atoms with Gasteiger partial charge in [-0.05, 0) is 26.7 Å². The third-order valence-corrected chi connectivity index (χ3v) is 8.06. The lowest BCUT2D eigenvalue weighted by Gasteiger charge is -2.39. The minimum atomic E-state index is -7.88. The van der Waals surface area contributed by atoms with Crippen molar-refractivity contribution in [3.63, 3.8) is 0 Å². The third-order valence-electron chi connectivity index (χ3n) is 6.67. The Bertz CT molecular complexity index is 910. The summed E-state index contributed by atoms with van der Waals surface area (Å²) in [6.07, 6.45) is -8.37. The van der Waals surface area contributed by atoms with Crippen molar-refractivity contribution in [1.82, 2.24) is 4.90 Å². The molecule has 1 N–H and O–H groups in total. The van der Waals surface area contributed by atoms with E-state index in [1.165, 1.54) is 16.7 Å². The number of halogens is 13. The van der Waals surface area contributed by atoms with Gasteiger partial charge in [-0.2, -0.15) is 57.1 Å². The number of alkyl halides is 13. The van der Waals surface area contributed by atoms with Crippen molar-refractivity contribution in [3.8, 4) is 0 Å². The topological polar surface area (TPSA) is 57.6 Å². The summed E-state index contributed by atoms with van der Waals surface area (Å²) in [6.45, 7) is 3.45. The predicted octanol–water partition coefficient (Wildman–Crippen LogP) is 8.39. The highest BCUT2D eigenvalue weighted by atomic mass is 32.2. The molecule has 1 saturated heterocycles. The molecule has 0 radical (unpaired) electrons. The molecule has 1 heterocycles. The maximum absolute atomic E-state index is 13.8. The van der Waals surface area contributed by atoms with Crippen LogP contribution in [-0.4, -0.2) is 74.3 Å². The van der Waals surface area contributed by atoms with Crippen molar-refractivity contribution in [2.24, 2.45) is 0 Å². The van der Waals surface area contributed by atoms with E-state index in [1.54, 1.807) is 13.8 Å². The van der Waals surface area contributed by atoms with Crippen LogP contribution >= 0.6 is 11.8 Å². The zero-order chi connectivity index (χ0) is 32.3. The Hall–Kier alpha value is -1.62. The van der Waals surface area contributed by atoms with Gasteiger partial charge >= 0.3 is 41.8 Å². The molecule has 1 atom stereocenters. The van der Waals surface area contributed by atoms with Crippen LogP contribution in [0, 0.1) is 0 Å². The monoisotopic (exact) mass is 647 g/mol. The molecule has 0 aliphatic carbocycles. The van der Waals surface area contributed by atoms with Gasteiger partial charge in [0.1, 0.15) is 6.04 Å². The first-order valence-corrected chi connectivity index (χ1v) is 13.4. The second-order valence-electron chi connectivity index (χ2n) is 10.2. The minimum Gasteiger partial charge on any atom is -0.480 e. The highest BCUT2D eigenvalue weighted by Crippen LogP contribution is 2.60. The van der Waals surface area contributed by atoms with Crippen LogP contribution in [0.2, 0.25) is 0 Å². The van der Waals surface area contributed by atoms with Gasteiger partial charge in [0.25, 0.3) is 0 Å². The molecule has 0 saturated carbocycles. The lowest BCUT2D eigenvalue weighted by Crippen LogP contribution is -2.70. The molecule has 0 aromatic heterocycles. The van der Waals surface area contributed by atoms with Gasteiger partial charge in [-0.15, -0.1) is 11.8 Å². The lowest BCUT2D eigenvalue weighted by atomic mass is 9.91. The van der Waals surface area contributed by atoms with E-state index in [-0.39, 0.29) is 30.9 Å². The molecule has 4 nitrogen and oxygen atoms in total. The minimum absolute atomic E-state index is 0.0790. The average molecular weight is 648 g/mol. The summed E-state index contributed by atoms with van der Waals surface area (Å²) in [7, 11) is 0. The van der Waals surface area contributed by atoms with Crippen LogP contribution < -0.4 is 0 Å². The fourth-order valence-corrected chi connectivity index (χ4v) is 5.45. The summed E-state index contributed by atoms with van der Waals surface area (Å²) < 4.78 is 170. The molecule has 0 aromatic rings. The molecule has 0 bridgehead atoms. The van der Waals surface area contributed by atoms with Gasteiger partial charge in [-0.3, -0.25) is 4.79 Å². The molecule has 1 fully saturated rings. The summed E-state index contributed by atoms with van der Waals surface area (Å²) in [6, 6.07) is -0.946. The van der Waals surface area contributed by atoms with Gasteiger partial charge in [-0.25, -0.2) is 4.79 Å². The Kier molecular flexibility index (Phi) is 11.8. The van der Waals surface area contributed by atoms with Crippen molar-refractivity contribution in [2.75, 3.05) is 5.75 Å². The SMILES string of the molecule is CC1(C)SC[C@@H](C(=O)O)N1C(=O)CCCCCCCCCCC(F)(F)C(F)(F)C(F)(F)C(F)(F)C(F)(F)C(F)(F)F. The summed E-state index contributed by atoms with van der Waals surface area (Å²) in [5.41, 5.74) is 0. The average Bonchev–Trinajstić information content (AvgIpc) is 3.14. The molecule has 1 aliphatic heterocycles. The van der Waals surface area contributed by atoms with E-state index in [9.17, 15) is 71.8 Å². The number of aliphatic carboxylic acids is 1. The van der Waals surface area contributed by atoms with Crippen LogP contribution in [-0.2, 0) is 9.59 Å². The Morgan fingerprint density at radius 3 is 1.56 bits per heavy atom. The first kappa shape index (κ1) is 37.4. The number of amides is 1. The maximum atomic E-state index is 13.8. The molecular weight excluding hydrogens is 617 g/mol. The molecule has 0 aromatic carbocycles. The highest BCUT2D eigenvalue weighted by molar-refractivity contribution is 8.00. The second-order valence-corrected chi connectivity index (χ2v) is 11.8. The maximum Gasteiger partial charge on any atom is 0.460 e. The van der Waals surface area contributed by atoms with Gasteiger partial charge in [0.15, 0.2) is 0 Å². The van der Waals surface area contributed by atoms with Crippen molar-refractivity contribution < 1.29 is 71.8 Å². The van der Waals surface area contributed by atoms with Crippen molar-refractivity contribution >= 4 is 23.6 Å². The summed E-state index contributed by atoms with van der Waals surface area (Å²) in [4.78, 5) is 24.5. The smallest absolute Gasteiger partial charge is 0.460 e. The number of carboxylic acids is 1. The summed E-state index contributed by atoms with van der Waals surface area (Å²) >= 11 is 1.33. The van der Waals surface area contributed by atoms with Crippen molar-refractivity contribution in [2.45, 2.75) is 125 Å². The van der Waals surface area contributed by atoms with E-state index >= 15 is 0 Å². The van der Waals surface area contributed by atoms with Gasteiger partial charge in [0.2, 0.25) is 5.91 Å². The fraction of sp³-hybridized carbons (Fsp3) is 0.913. The van der Waals surface area contributed by atoms with E-state index in [0.29, 0.717) is 32.1 Å². The third kappa shape index (κ3) is 7.67. The predicted molar refractivity (Wildman–Crippen MR) is 122 cm³/mol. The number of carbonyl (C=O) groups excluding carboxylic acids is 1. The van der Waals surface area contributed by atoms with Gasteiger partial charge in [0, 0.05) is 18.6 Å². The Labute approximate surface area is 231 Å². The zero-order valence-electron chi connectivity index (χ0n) is 21.9. The Balaban J connectivity index is 2.47. The summed E-state index contributed by atoms with van der Waals surface area (Å²) in [5.74, 6) is -37.8. The number of carboxylic acid groups (broad SMARTS) is 1. The number of unbranched alkanes of at least 4 members (excludes halogenated alkanes) is 7. The molecule has 18 heteroatoms. The van der Waals surface area contributed by atoms with E-state index in [0.717, 1.165) is 0 Å². The molecule has 242 valence electrons. The highest BCUT2D eigenvalue weighted by Gasteiger charge is 2.90. The number of hydrogen-bond donors (Lipinski definition) is 1. The lowest BCUT2D eigenvalue weighted by molar-refractivity contribution is -0.440. The van der Waals surface area contributed by atoms with Crippen LogP contribution in [0.1, 0.15) is 78.1 Å². The normalized spacial score (nSPS) is 19.1. The van der Waals surface area contributed by atoms with E-state index in [2.05, 4.69) is 0 Å². The number of carbonyl (C=O) groups is 2. The van der Waals surface area contributed by atoms with E-state index in [1.807, 2.05) is 0 Å². The first-order chi connectivity index (χ1) is 18.3. The van der Waals surface area contributed by atoms with Gasteiger partial charge in [0.05, 0.1) is 4.87 Å². The van der Waals surface area contributed by atoms with Crippen molar-refractivity contribution in [1.29, 1.82) is 0 Å². The number of thioether (sulfide) groups is 1. The van der Waals surface area contributed by atoms with Crippen molar-refractivity contribution in [3.05, 3.63) is 0 Å². The number of rotatable bonds is 16. The van der Waals surface area contributed by atoms with E-state index in [4.69, 9.17) is 0 Å².